The second-order valence-corrected chi connectivity index (χ2v) is 5.58. The van der Waals surface area contributed by atoms with Gasteiger partial charge in [-0.25, -0.2) is 8.78 Å². The monoisotopic (exact) mass is 288 g/mol. The van der Waals surface area contributed by atoms with Crippen molar-refractivity contribution in [2.24, 2.45) is 11.8 Å². The molecule has 1 saturated heterocycles. The van der Waals surface area contributed by atoms with E-state index in [1.165, 1.54) is 0 Å². The van der Waals surface area contributed by atoms with Crippen LogP contribution in [0.5, 0.6) is 0 Å². The first-order valence-electron chi connectivity index (χ1n) is 6.99. The van der Waals surface area contributed by atoms with Crippen LogP contribution in [0.25, 0.3) is 11.3 Å². The molecule has 0 bridgehead atoms. The summed E-state index contributed by atoms with van der Waals surface area (Å²) in [7, 11) is 0. The van der Waals surface area contributed by atoms with E-state index < -0.39 is 11.6 Å². The van der Waals surface area contributed by atoms with Gasteiger partial charge in [0.1, 0.15) is 17.5 Å². The summed E-state index contributed by atoms with van der Waals surface area (Å²) in [6.07, 6.45) is 0. The van der Waals surface area contributed by atoms with E-state index in [2.05, 4.69) is 20.8 Å². The molecule has 4 nitrogen and oxygen atoms in total. The molecule has 2 unspecified atom stereocenters. The van der Waals surface area contributed by atoms with Crippen molar-refractivity contribution in [3.63, 3.8) is 0 Å². The van der Waals surface area contributed by atoms with Crippen LogP contribution in [0.1, 0.15) is 0 Å². The SMILES string of the molecule is Fc1ccc(F)c(-c2ccc(NC3C4CNCC43)nn2)c1. The van der Waals surface area contributed by atoms with Crippen molar-refractivity contribution in [1.29, 1.82) is 0 Å². The third-order valence-electron chi connectivity index (χ3n) is 4.28. The Kier molecular flexibility index (Phi) is 2.85. The molecule has 2 N–H and O–H groups in total. The van der Waals surface area contributed by atoms with Crippen LogP contribution in [-0.2, 0) is 0 Å². The van der Waals surface area contributed by atoms with Gasteiger partial charge < -0.3 is 10.6 Å². The zero-order chi connectivity index (χ0) is 14.4. The predicted octanol–water partition coefficient (Wildman–Crippen LogP) is 2.05. The Morgan fingerprint density at radius 1 is 1.05 bits per heavy atom. The van der Waals surface area contributed by atoms with Gasteiger partial charge in [-0.05, 0) is 42.2 Å². The summed E-state index contributed by atoms with van der Waals surface area (Å²) in [5, 5.41) is 14.7. The number of nitrogens with one attached hydrogen (secondary N) is 2. The van der Waals surface area contributed by atoms with Gasteiger partial charge in [-0.2, -0.15) is 0 Å². The van der Waals surface area contributed by atoms with E-state index in [1.807, 2.05) is 0 Å². The van der Waals surface area contributed by atoms with E-state index in [0.717, 1.165) is 31.3 Å². The second kappa shape index (κ2) is 4.73. The number of anilines is 1. The third kappa shape index (κ3) is 2.25. The summed E-state index contributed by atoms with van der Waals surface area (Å²) >= 11 is 0. The molecular formula is C15H14F2N4. The smallest absolute Gasteiger partial charge is 0.148 e. The minimum absolute atomic E-state index is 0.126. The maximum Gasteiger partial charge on any atom is 0.148 e. The maximum atomic E-state index is 13.7. The molecule has 4 rings (SSSR count). The van der Waals surface area contributed by atoms with Crippen molar-refractivity contribution < 1.29 is 8.78 Å². The number of hydrogen-bond acceptors (Lipinski definition) is 4. The van der Waals surface area contributed by atoms with E-state index in [0.29, 0.717) is 29.4 Å². The summed E-state index contributed by atoms with van der Waals surface area (Å²) in [6, 6.07) is 7.18. The molecule has 0 spiro atoms. The van der Waals surface area contributed by atoms with Crippen molar-refractivity contribution in [3.05, 3.63) is 42.0 Å². The van der Waals surface area contributed by atoms with Crippen molar-refractivity contribution in [3.8, 4) is 11.3 Å². The molecule has 1 saturated carbocycles. The van der Waals surface area contributed by atoms with Crippen LogP contribution >= 0.6 is 0 Å². The highest BCUT2D eigenvalue weighted by Gasteiger charge is 2.53. The van der Waals surface area contributed by atoms with Gasteiger partial charge in [-0.1, -0.05) is 0 Å². The molecule has 21 heavy (non-hydrogen) atoms. The summed E-state index contributed by atoms with van der Waals surface area (Å²) < 4.78 is 26.9. The Morgan fingerprint density at radius 2 is 1.86 bits per heavy atom. The van der Waals surface area contributed by atoms with Crippen LogP contribution in [0.15, 0.2) is 30.3 Å². The second-order valence-electron chi connectivity index (χ2n) is 5.58. The molecule has 2 fully saturated rings. The van der Waals surface area contributed by atoms with Gasteiger partial charge in [0, 0.05) is 24.7 Å². The van der Waals surface area contributed by atoms with Crippen molar-refractivity contribution in [1.82, 2.24) is 15.5 Å². The van der Waals surface area contributed by atoms with E-state index in [9.17, 15) is 8.78 Å². The van der Waals surface area contributed by atoms with Gasteiger partial charge in [-0.15, -0.1) is 10.2 Å². The van der Waals surface area contributed by atoms with E-state index >= 15 is 0 Å². The average molecular weight is 288 g/mol. The van der Waals surface area contributed by atoms with Gasteiger partial charge >= 0.3 is 0 Å². The Morgan fingerprint density at radius 3 is 2.57 bits per heavy atom. The third-order valence-corrected chi connectivity index (χ3v) is 4.28. The molecule has 1 aliphatic heterocycles. The molecule has 1 aromatic carbocycles. The molecule has 2 heterocycles. The summed E-state index contributed by atoms with van der Waals surface area (Å²) in [6.45, 7) is 2.09. The quantitative estimate of drug-likeness (QED) is 0.907. The van der Waals surface area contributed by atoms with Crippen LogP contribution < -0.4 is 10.6 Å². The fourth-order valence-electron chi connectivity index (χ4n) is 3.05. The first kappa shape index (κ1) is 12.6. The molecule has 2 atom stereocenters. The zero-order valence-corrected chi connectivity index (χ0v) is 11.2. The van der Waals surface area contributed by atoms with Gasteiger partial charge in [0.05, 0.1) is 5.69 Å². The predicted molar refractivity (Wildman–Crippen MR) is 74.6 cm³/mol. The first-order chi connectivity index (χ1) is 10.2. The lowest BCUT2D eigenvalue weighted by Crippen LogP contribution is -2.21. The molecule has 108 valence electrons. The highest BCUT2D eigenvalue weighted by atomic mass is 19.1. The fraction of sp³-hybridized carbons (Fsp3) is 0.333. The highest BCUT2D eigenvalue weighted by molar-refractivity contribution is 5.60. The number of hydrogen-bond donors (Lipinski definition) is 2. The Bertz CT molecular complexity index is 664. The number of fused-ring (bicyclic) bond motifs is 1. The number of piperidine rings is 1. The molecule has 1 aromatic heterocycles. The Hall–Kier alpha value is -2.08. The van der Waals surface area contributed by atoms with Crippen molar-refractivity contribution >= 4 is 5.82 Å². The van der Waals surface area contributed by atoms with E-state index in [-0.39, 0.29) is 5.56 Å². The number of benzene rings is 1. The van der Waals surface area contributed by atoms with Crippen LogP contribution in [0.4, 0.5) is 14.6 Å². The van der Waals surface area contributed by atoms with Crippen LogP contribution in [0.2, 0.25) is 0 Å². The van der Waals surface area contributed by atoms with Crippen molar-refractivity contribution in [2.75, 3.05) is 18.4 Å². The standard InChI is InChI=1S/C15H14F2N4/c16-8-1-2-12(17)9(5-8)13-3-4-14(21-20-13)19-15-10-6-18-7-11(10)15/h1-5,10-11,15,18H,6-7H2,(H,19,21). The van der Waals surface area contributed by atoms with Crippen LogP contribution in [-0.4, -0.2) is 29.3 Å². The molecule has 2 aliphatic rings. The number of nitrogens with zero attached hydrogens (tertiary/aromatic N) is 2. The summed E-state index contributed by atoms with van der Waals surface area (Å²) in [5.74, 6) is 1.03. The number of halogens is 2. The van der Waals surface area contributed by atoms with Gasteiger partial charge in [0.2, 0.25) is 0 Å². The molecule has 2 aromatic rings. The normalized spacial score (nSPS) is 26.5. The van der Waals surface area contributed by atoms with Crippen LogP contribution in [0.3, 0.4) is 0 Å². The fourth-order valence-corrected chi connectivity index (χ4v) is 3.05. The summed E-state index contributed by atoms with van der Waals surface area (Å²) in [4.78, 5) is 0. The molecule has 0 radical (unpaired) electrons. The van der Waals surface area contributed by atoms with E-state index in [4.69, 9.17) is 0 Å². The largest absolute Gasteiger partial charge is 0.365 e. The minimum Gasteiger partial charge on any atom is -0.365 e. The molecule has 6 heteroatoms. The Labute approximate surface area is 120 Å². The lowest BCUT2D eigenvalue weighted by molar-refractivity contribution is 0.602. The zero-order valence-electron chi connectivity index (χ0n) is 11.2. The lowest BCUT2D eigenvalue weighted by Gasteiger charge is -2.08. The van der Waals surface area contributed by atoms with Gasteiger partial charge in [-0.3, -0.25) is 0 Å². The maximum absolute atomic E-state index is 13.7. The molecular weight excluding hydrogens is 274 g/mol. The van der Waals surface area contributed by atoms with Crippen molar-refractivity contribution in [2.45, 2.75) is 6.04 Å². The highest BCUT2D eigenvalue weighted by Crippen LogP contribution is 2.43. The number of rotatable bonds is 3. The van der Waals surface area contributed by atoms with E-state index in [1.54, 1.807) is 12.1 Å². The van der Waals surface area contributed by atoms with Gasteiger partial charge in [0.15, 0.2) is 0 Å². The first-order valence-corrected chi connectivity index (χ1v) is 6.99. The van der Waals surface area contributed by atoms with Crippen LogP contribution in [0, 0.1) is 23.5 Å². The minimum atomic E-state index is -0.505. The topological polar surface area (TPSA) is 49.8 Å². The summed E-state index contributed by atoms with van der Waals surface area (Å²) in [5.41, 5.74) is 0.455. The Balaban J connectivity index is 1.52. The molecule has 1 aliphatic carbocycles. The lowest BCUT2D eigenvalue weighted by atomic mass is 10.1. The average Bonchev–Trinajstić information content (AvgIpc) is 2.93. The van der Waals surface area contributed by atoms with Gasteiger partial charge in [0.25, 0.3) is 0 Å². The number of aromatic nitrogens is 2. The molecule has 0 amide bonds.